The minimum Gasteiger partial charge on any atom is -0.430 e. The van der Waals surface area contributed by atoms with Crippen LogP contribution in [0.4, 0.5) is 0 Å². The van der Waals surface area contributed by atoms with Crippen LogP contribution in [-0.2, 0) is 6.54 Å². The molecule has 0 spiro atoms. The Balaban J connectivity index is 2.02. The van der Waals surface area contributed by atoms with Crippen molar-refractivity contribution in [3.05, 3.63) is 33.2 Å². The smallest absolute Gasteiger partial charge is 0.299 e. The Hall–Kier alpha value is -0.980. The summed E-state index contributed by atoms with van der Waals surface area (Å²) in [6.07, 6.45) is 0. The van der Waals surface area contributed by atoms with Crippen LogP contribution in [0.3, 0.4) is 0 Å². The average Bonchev–Trinajstić information content (AvgIpc) is 2.77. The minimum absolute atomic E-state index is 0.0645. The standard InChI is InChI=1S/C14H18BrN3OS/c1-9-7-10(15)5-6-11(9)19-13-18-17-12(20-13)8-16-14(2,3)4/h5-7,16H,8H2,1-4H3. The predicted molar refractivity (Wildman–Crippen MR) is 85.5 cm³/mol. The summed E-state index contributed by atoms with van der Waals surface area (Å²) in [4.78, 5) is 0. The maximum absolute atomic E-state index is 5.77. The fourth-order valence-electron chi connectivity index (χ4n) is 1.51. The molecule has 6 heteroatoms. The van der Waals surface area contributed by atoms with E-state index in [2.05, 4.69) is 52.2 Å². The number of halogens is 1. The van der Waals surface area contributed by atoms with Crippen LogP contribution in [0.25, 0.3) is 0 Å². The molecule has 0 aliphatic heterocycles. The van der Waals surface area contributed by atoms with E-state index in [0.29, 0.717) is 11.7 Å². The van der Waals surface area contributed by atoms with E-state index in [1.165, 1.54) is 11.3 Å². The van der Waals surface area contributed by atoms with Gasteiger partial charge in [-0.05, 0) is 51.5 Å². The molecule has 0 saturated carbocycles. The third-order valence-corrected chi connectivity index (χ3v) is 3.85. The molecule has 20 heavy (non-hydrogen) atoms. The minimum atomic E-state index is 0.0645. The van der Waals surface area contributed by atoms with Gasteiger partial charge in [0.05, 0.1) is 6.54 Å². The lowest BCUT2D eigenvalue weighted by Crippen LogP contribution is -2.35. The molecule has 1 heterocycles. The molecule has 2 aromatic rings. The summed E-state index contributed by atoms with van der Waals surface area (Å²) in [6, 6.07) is 5.89. The van der Waals surface area contributed by atoms with Gasteiger partial charge in [0.1, 0.15) is 10.8 Å². The molecular formula is C14H18BrN3OS. The Morgan fingerprint density at radius 3 is 2.70 bits per heavy atom. The fourth-order valence-corrected chi connectivity index (χ4v) is 2.63. The molecule has 0 aliphatic carbocycles. The van der Waals surface area contributed by atoms with Crippen LogP contribution in [0.15, 0.2) is 22.7 Å². The van der Waals surface area contributed by atoms with Crippen molar-refractivity contribution in [2.24, 2.45) is 0 Å². The molecule has 0 bridgehead atoms. The predicted octanol–water partition coefficient (Wildman–Crippen LogP) is 4.29. The highest BCUT2D eigenvalue weighted by Gasteiger charge is 2.12. The Morgan fingerprint density at radius 2 is 2.05 bits per heavy atom. The molecule has 2 rings (SSSR count). The summed E-state index contributed by atoms with van der Waals surface area (Å²) in [7, 11) is 0. The first-order valence-electron chi connectivity index (χ1n) is 6.35. The van der Waals surface area contributed by atoms with Crippen molar-refractivity contribution in [1.29, 1.82) is 0 Å². The van der Waals surface area contributed by atoms with Gasteiger partial charge in [-0.2, -0.15) is 0 Å². The zero-order valence-corrected chi connectivity index (χ0v) is 14.4. The van der Waals surface area contributed by atoms with E-state index < -0.39 is 0 Å². The van der Waals surface area contributed by atoms with E-state index in [9.17, 15) is 0 Å². The van der Waals surface area contributed by atoms with Gasteiger partial charge in [-0.3, -0.25) is 0 Å². The monoisotopic (exact) mass is 355 g/mol. The maximum atomic E-state index is 5.77. The number of ether oxygens (including phenoxy) is 1. The van der Waals surface area contributed by atoms with Crippen LogP contribution in [0.2, 0.25) is 0 Å². The first kappa shape index (κ1) is 15.4. The van der Waals surface area contributed by atoms with E-state index in [1.54, 1.807) is 0 Å². The highest BCUT2D eigenvalue weighted by atomic mass is 79.9. The Kier molecular flexibility index (Phi) is 4.78. The number of hydrogen-bond acceptors (Lipinski definition) is 5. The van der Waals surface area contributed by atoms with E-state index >= 15 is 0 Å². The molecule has 1 aromatic carbocycles. The molecule has 0 fully saturated rings. The number of aromatic nitrogens is 2. The molecular weight excluding hydrogens is 338 g/mol. The van der Waals surface area contributed by atoms with E-state index in [4.69, 9.17) is 4.74 Å². The van der Waals surface area contributed by atoms with Crippen molar-refractivity contribution in [2.75, 3.05) is 0 Å². The van der Waals surface area contributed by atoms with Gasteiger partial charge >= 0.3 is 0 Å². The molecule has 0 saturated heterocycles. The largest absolute Gasteiger partial charge is 0.430 e. The second-order valence-electron chi connectivity index (χ2n) is 5.58. The van der Waals surface area contributed by atoms with Crippen molar-refractivity contribution < 1.29 is 4.74 Å². The lowest BCUT2D eigenvalue weighted by atomic mass is 10.1. The van der Waals surface area contributed by atoms with Crippen LogP contribution >= 0.6 is 27.3 Å². The molecule has 0 aliphatic rings. The van der Waals surface area contributed by atoms with Gasteiger partial charge in [-0.25, -0.2) is 0 Å². The lowest BCUT2D eigenvalue weighted by molar-refractivity contribution is 0.423. The summed E-state index contributed by atoms with van der Waals surface area (Å²) in [5, 5.41) is 13.1. The summed E-state index contributed by atoms with van der Waals surface area (Å²) >= 11 is 4.90. The number of benzene rings is 1. The van der Waals surface area contributed by atoms with Crippen molar-refractivity contribution in [3.63, 3.8) is 0 Å². The zero-order chi connectivity index (χ0) is 14.8. The van der Waals surface area contributed by atoms with Crippen LogP contribution in [0.1, 0.15) is 31.3 Å². The summed E-state index contributed by atoms with van der Waals surface area (Å²) in [6.45, 7) is 9.07. The Labute approximate surface area is 131 Å². The highest BCUT2D eigenvalue weighted by Crippen LogP contribution is 2.29. The zero-order valence-electron chi connectivity index (χ0n) is 12.0. The Bertz CT molecular complexity index is 592. The van der Waals surface area contributed by atoms with Gasteiger partial charge < -0.3 is 10.1 Å². The summed E-state index contributed by atoms with van der Waals surface area (Å²) in [5.41, 5.74) is 1.12. The van der Waals surface area contributed by atoms with Crippen molar-refractivity contribution in [2.45, 2.75) is 39.8 Å². The van der Waals surface area contributed by atoms with Gasteiger partial charge in [-0.1, -0.05) is 32.4 Å². The second-order valence-corrected chi connectivity index (χ2v) is 7.52. The molecule has 4 nitrogen and oxygen atoms in total. The average molecular weight is 356 g/mol. The molecule has 0 amide bonds. The number of nitrogens with zero attached hydrogens (tertiary/aromatic N) is 2. The van der Waals surface area contributed by atoms with Gasteiger partial charge in [0.15, 0.2) is 0 Å². The van der Waals surface area contributed by atoms with Crippen molar-refractivity contribution in [1.82, 2.24) is 15.5 Å². The van der Waals surface area contributed by atoms with Gasteiger partial charge in [0, 0.05) is 10.0 Å². The number of hydrogen-bond donors (Lipinski definition) is 1. The number of rotatable bonds is 4. The van der Waals surface area contributed by atoms with Gasteiger partial charge in [0.2, 0.25) is 0 Å². The van der Waals surface area contributed by atoms with Crippen LogP contribution in [0.5, 0.6) is 10.9 Å². The van der Waals surface area contributed by atoms with Crippen molar-refractivity contribution in [3.8, 4) is 10.9 Å². The second kappa shape index (κ2) is 6.20. The first-order chi connectivity index (χ1) is 9.33. The van der Waals surface area contributed by atoms with Gasteiger partial charge in [-0.15, -0.1) is 5.10 Å². The maximum Gasteiger partial charge on any atom is 0.299 e. The SMILES string of the molecule is Cc1cc(Br)ccc1Oc1nnc(CNC(C)(C)C)s1. The fraction of sp³-hybridized carbons (Fsp3) is 0.429. The number of nitrogens with one attached hydrogen (secondary N) is 1. The molecule has 1 N–H and O–H groups in total. The third-order valence-electron chi connectivity index (χ3n) is 2.55. The Morgan fingerprint density at radius 1 is 1.30 bits per heavy atom. The molecule has 1 aromatic heterocycles. The van der Waals surface area contributed by atoms with Gasteiger partial charge in [0.25, 0.3) is 5.19 Å². The third kappa shape index (κ3) is 4.54. The summed E-state index contributed by atoms with van der Waals surface area (Å²) in [5.74, 6) is 0.805. The first-order valence-corrected chi connectivity index (χ1v) is 7.96. The normalized spacial score (nSPS) is 11.7. The van der Waals surface area contributed by atoms with Crippen LogP contribution in [-0.4, -0.2) is 15.7 Å². The van der Waals surface area contributed by atoms with Crippen LogP contribution in [0, 0.1) is 6.92 Å². The van der Waals surface area contributed by atoms with E-state index in [-0.39, 0.29) is 5.54 Å². The lowest BCUT2D eigenvalue weighted by Gasteiger charge is -2.19. The molecule has 0 radical (unpaired) electrons. The molecule has 0 atom stereocenters. The van der Waals surface area contributed by atoms with Crippen molar-refractivity contribution >= 4 is 27.3 Å². The molecule has 108 valence electrons. The highest BCUT2D eigenvalue weighted by molar-refractivity contribution is 9.10. The number of aryl methyl sites for hydroxylation is 1. The summed E-state index contributed by atoms with van der Waals surface area (Å²) < 4.78 is 6.81. The van der Waals surface area contributed by atoms with Crippen LogP contribution < -0.4 is 10.1 Å². The van der Waals surface area contributed by atoms with E-state index in [1.807, 2.05) is 25.1 Å². The quantitative estimate of drug-likeness (QED) is 0.888. The topological polar surface area (TPSA) is 47.0 Å². The molecule has 0 unspecified atom stereocenters. The van der Waals surface area contributed by atoms with E-state index in [0.717, 1.165) is 20.8 Å².